The first-order chi connectivity index (χ1) is 14.4. The van der Waals surface area contributed by atoms with Gasteiger partial charge in [0.1, 0.15) is 5.15 Å². The minimum atomic E-state index is -0.347. The highest BCUT2D eigenvalue weighted by Gasteiger charge is 2.22. The van der Waals surface area contributed by atoms with E-state index in [9.17, 15) is 4.79 Å². The molecule has 7 nitrogen and oxygen atoms in total. The summed E-state index contributed by atoms with van der Waals surface area (Å²) in [6, 6.07) is 15.4. The lowest BCUT2D eigenvalue weighted by Crippen LogP contribution is -2.14. The van der Waals surface area contributed by atoms with Crippen molar-refractivity contribution in [1.82, 2.24) is 19.9 Å². The van der Waals surface area contributed by atoms with Crippen molar-refractivity contribution in [3.63, 3.8) is 0 Å². The van der Waals surface area contributed by atoms with Gasteiger partial charge in [-0.25, -0.2) is 4.68 Å². The topological polar surface area (TPSA) is 85.8 Å². The number of aryl methyl sites for hydroxylation is 3. The highest BCUT2D eigenvalue weighted by molar-refractivity contribution is 6.33. The van der Waals surface area contributed by atoms with E-state index >= 15 is 0 Å². The fourth-order valence-corrected chi connectivity index (χ4v) is 3.48. The number of rotatable bonds is 5. The summed E-state index contributed by atoms with van der Waals surface area (Å²) in [5.41, 5.74) is 4.33. The number of para-hydroxylation sites is 1. The molecule has 4 rings (SSSR count). The van der Waals surface area contributed by atoms with E-state index in [0.717, 1.165) is 5.56 Å². The molecule has 2 aromatic carbocycles. The molecule has 2 heterocycles. The van der Waals surface area contributed by atoms with Crippen LogP contribution in [0.3, 0.4) is 0 Å². The van der Waals surface area contributed by atoms with Crippen LogP contribution in [0.5, 0.6) is 0 Å². The maximum atomic E-state index is 13.0. The number of nitrogens with zero attached hydrogens (tertiary/aromatic N) is 4. The summed E-state index contributed by atoms with van der Waals surface area (Å²) in [6.07, 6.45) is 0. The monoisotopic (exact) mass is 421 g/mol. The summed E-state index contributed by atoms with van der Waals surface area (Å²) in [6.45, 7) is 5.99. The summed E-state index contributed by atoms with van der Waals surface area (Å²) in [7, 11) is 0. The van der Waals surface area contributed by atoms with Gasteiger partial charge >= 0.3 is 0 Å². The molecule has 4 aromatic rings. The van der Waals surface area contributed by atoms with Crippen molar-refractivity contribution < 1.29 is 9.32 Å². The molecule has 0 saturated carbocycles. The lowest BCUT2D eigenvalue weighted by atomic mass is 10.1. The summed E-state index contributed by atoms with van der Waals surface area (Å²) in [5, 5.41) is 11.6. The zero-order valence-electron chi connectivity index (χ0n) is 16.8. The summed E-state index contributed by atoms with van der Waals surface area (Å²) >= 11 is 6.53. The van der Waals surface area contributed by atoms with Crippen molar-refractivity contribution in [1.29, 1.82) is 0 Å². The van der Waals surface area contributed by atoms with E-state index in [2.05, 4.69) is 20.6 Å². The maximum Gasteiger partial charge on any atom is 0.260 e. The molecule has 0 bridgehead atoms. The first-order valence-electron chi connectivity index (χ1n) is 9.42. The number of anilines is 1. The highest BCUT2D eigenvalue weighted by atomic mass is 35.5. The molecule has 0 fully saturated rings. The van der Waals surface area contributed by atoms with Gasteiger partial charge < -0.3 is 9.84 Å². The number of benzene rings is 2. The Morgan fingerprint density at radius 1 is 1.10 bits per heavy atom. The van der Waals surface area contributed by atoms with Gasteiger partial charge in [-0.2, -0.15) is 10.1 Å². The van der Waals surface area contributed by atoms with E-state index in [1.807, 2.05) is 49.4 Å². The van der Waals surface area contributed by atoms with Crippen LogP contribution in [0.1, 0.15) is 33.1 Å². The van der Waals surface area contributed by atoms with Crippen LogP contribution >= 0.6 is 11.6 Å². The molecular formula is C22H20ClN5O2. The zero-order valence-corrected chi connectivity index (χ0v) is 17.6. The number of hydrogen-bond acceptors (Lipinski definition) is 5. The second-order valence-corrected chi connectivity index (χ2v) is 7.39. The molecular weight excluding hydrogens is 402 g/mol. The predicted octanol–water partition coefficient (Wildman–Crippen LogP) is 4.81. The van der Waals surface area contributed by atoms with Crippen LogP contribution in [0.25, 0.3) is 11.4 Å². The van der Waals surface area contributed by atoms with Gasteiger partial charge in [-0.05, 0) is 31.5 Å². The van der Waals surface area contributed by atoms with Gasteiger partial charge in [0.25, 0.3) is 5.91 Å². The van der Waals surface area contributed by atoms with Gasteiger partial charge in [0.15, 0.2) is 0 Å². The molecule has 0 radical (unpaired) electrons. The molecule has 0 spiro atoms. The lowest BCUT2D eigenvalue weighted by Gasteiger charge is -2.09. The third kappa shape index (κ3) is 3.97. The number of carbonyl (C=O) groups is 1. The van der Waals surface area contributed by atoms with E-state index in [1.54, 1.807) is 24.6 Å². The average molecular weight is 422 g/mol. The highest BCUT2D eigenvalue weighted by Crippen LogP contribution is 2.28. The average Bonchev–Trinajstić information content (AvgIpc) is 3.27. The van der Waals surface area contributed by atoms with E-state index in [0.29, 0.717) is 45.9 Å². The van der Waals surface area contributed by atoms with E-state index in [-0.39, 0.29) is 5.91 Å². The minimum Gasteiger partial charge on any atom is -0.339 e. The number of nitrogens with one attached hydrogen (secondary N) is 1. The molecule has 0 aliphatic carbocycles. The third-order valence-electron chi connectivity index (χ3n) is 4.69. The maximum absolute atomic E-state index is 13.0. The Morgan fingerprint density at radius 2 is 1.83 bits per heavy atom. The molecule has 0 aliphatic rings. The molecule has 2 aromatic heterocycles. The zero-order chi connectivity index (χ0) is 21.3. The molecule has 8 heteroatoms. The number of aromatic nitrogens is 4. The van der Waals surface area contributed by atoms with Crippen molar-refractivity contribution in [2.75, 3.05) is 5.32 Å². The largest absolute Gasteiger partial charge is 0.339 e. The van der Waals surface area contributed by atoms with Crippen molar-refractivity contribution in [3.8, 4) is 11.4 Å². The van der Waals surface area contributed by atoms with Gasteiger partial charge in [-0.15, -0.1) is 0 Å². The predicted molar refractivity (Wildman–Crippen MR) is 115 cm³/mol. The molecule has 30 heavy (non-hydrogen) atoms. The van der Waals surface area contributed by atoms with E-state index in [1.165, 1.54) is 5.56 Å². The normalized spacial score (nSPS) is 10.9. The van der Waals surface area contributed by atoms with Gasteiger partial charge in [-0.1, -0.05) is 58.7 Å². The summed E-state index contributed by atoms with van der Waals surface area (Å²) in [4.78, 5) is 17.3. The van der Waals surface area contributed by atoms with Crippen molar-refractivity contribution in [2.45, 2.75) is 27.3 Å². The lowest BCUT2D eigenvalue weighted by molar-refractivity contribution is 0.102. The van der Waals surface area contributed by atoms with Crippen LogP contribution in [0.15, 0.2) is 53.1 Å². The van der Waals surface area contributed by atoms with Crippen LogP contribution in [-0.2, 0) is 6.54 Å². The molecule has 0 atom stereocenters. The van der Waals surface area contributed by atoms with Gasteiger partial charge in [-0.3, -0.25) is 4.79 Å². The van der Waals surface area contributed by atoms with Crippen LogP contribution in [0.2, 0.25) is 5.15 Å². The molecule has 0 saturated heterocycles. The van der Waals surface area contributed by atoms with Gasteiger partial charge in [0.05, 0.1) is 23.5 Å². The third-order valence-corrected chi connectivity index (χ3v) is 5.07. The van der Waals surface area contributed by atoms with E-state index in [4.69, 9.17) is 16.1 Å². The number of carbonyl (C=O) groups excluding carboxylic acids is 1. The second kappa shape index (κ2) is 8.12. The Hall–Kier alpha value is -3.45. The Kier molecular flexibility index (Phi) is 5.37. The van der Waals surface area contributed by atoms with E-state index < -0.39 is 0 Å². The molecule has 0 unspecified atom stereocenters. The summed E-state index contributed by atoms with van der Waals surface area (Å²) < 4.78 is 6.69. The Labute approximate surface area is 178 Å². The van der Waals surface area contributed by atoms with Crippen molar-refractivity contribution in [2.24, 2.45) is 0 Å². The first-order valence-corrected chi connectivity index (χ1v) is 9.79. The van der Waals surface area contributed by atoms with Crippen LogP contribution < -0.4 is 5.32 Å². The number of halogens is 1. The Balaban J connectivity index is 1.61. The number of hydrogen-bond donors (Lipinski definition) is 1. The Morgan fingerprint density at radius 3 is 2.53 bits per heavy atom. The molecule has 1 amide bonds. The van der Waals surface area contributed by atoms with Crippen molar-refractivity contribution >= 4 is 23.2 Å². The van der Waals surface area contributed by atoms with Gasteiger partial charge in [0, 0.05) is 12.5 Å². The van der Waals surface area contributed by atoms with Crippen LogP contribution in [-0.4, -0.2) is 25.8 Å². The molecule has 152 valence electrons. The van der Waals surface area contributed by atoms with Crippen LogP contribution in [0.4, 0.5) is 5.69 Å². The smallest absolute Gasteiger partial charge is 0.260 e. The minimum absolute atomic E-state index is 0.290. The Bertz CT molecular complexity index is 1210. The fourth-order valence-electron chi connectivity index (χ4n) is 3.16. The standard InChI is InChI=1S/C22H20ClN5O2/c1-13-8-10-16(11-9-13)12-28-20(23)19(14(2)26-28)22(29)25-18-7-5-4-6-17(18)21-24-15(3)30-27-21/h4-11H,12H2,1-3H3,(H,25,29). The van der Waals surface area contributed by atoms with Gasteiger partial charge in [0.2, 0.25) is 11.7 Å². The summed E-state index contributed by atoms with van der Waals surface area (Å²) in [5.74, 6) is 0.504. The fraction of sp³-hybridized carbons (Fsp3) is 0.182. The van der Waals surface area contributed by atoms with Crippen LogP contribution in [0, 0.1) is 20.8 Å². The quantitative estimate of drug-likeness (QED) is 0.499. The molecule has 1 N–H and O–H groups in total. The second-order valence-electron chi connectivity index (χ2n) is 7.03. The van der Waals surface area contributed by atoms with Crippen molar-refractivity contribution in [3.05, 3.63) is 82.0 Å². The SMILES string of the molecule is Cc1ccc(Cn2nc(C)c(C(=O)Nc3ccccc3-c3noc(C)n3)c2Cl)cc1. The first kappa shape index (κ1) is 19.8. The number of amides is 1. The molecule has 0 aliphatic heterocycles.